The minimum atomic E-state index is 1.07. The van der Waals surface area contributed by atoms with Gasteiger partial charge in [-0.2, -0.15) is 10.2 Å². The van der Waals surface area contributed by atoms with Crippen molar-refractivity contribution in [1.82, 2.24) is 0 Å². The van der Waals surface area contributed by atoms with Crippen molar-refractivity contribution in [2.45, 2.75) is 52.4 Å². The average Bonchev–Trinajstić information content (AvgIpc) is 2.69. The zero-order valence-corrected chi connectivity index (χ0v) is 16.1. The van der Waals surface area contributed by atoms with Crippen LogP contribution in [0.4, 0.5) is 0 Å². The molecule has 0 aliphatic carbocycles. The zero-order chi connectivity index (χ0) is 18.5. The molecule has 0 aromatic heterocycles. The molecular formula is C24H30N2. The van der Waals surface area contributed by atoms with E-state index in [0.29, 0.717) is 0 Å². The molecule has 2 nitrogen and oxygen atoms in total. The van der Waals surface area contributed by atoms with E-state index >= 15 is 0 Å². The normalized spacial score (nSPS) is 11.9. The Bertz CT molecular complexity index is 707. The van der Waals surface area contributed by atoms with Crippen LogP contribution >= 0.6 is 0 Å². The second kappa shape index (κ2) is 12.0. The lowest BCUT2D eigenvalue weighted by molar-refractivity contribution is 0.795. The second-order valence-electron chi connectivity index (χ2n) is 6.49. The third-order valence-electron chi connectivity index (χ3n) is 4.26. The third-order valence-corrected chi connectivity index (χ3v) is 4.26. The van der Waals surface area contributed by atoms with Crippen molar-refractivity contribution in [3.8, 4) is 0 Å². The minimum Gasteiger partial charge on any atom is -0.159 e. The maximum absolute atomic E-state index is 4.16. The predicted molar refractivity (Wildman–Crippen MR) is 114 cm³/mol. The summed E-state index contributed by atoms with van der Waals surface area (Å²) < 4.78 is 0. The Hall–Kier alpha value is -2.48. The Balaban J connectivity index is 1.81. The molecule has 0 fully saturated rings. The highest BCUT2D eigenvalue weighted by Crippen LogP contribution is 2.08. The molecule has 0 aliphatic rings. The van der Waals surface area contributed by atoms with E-state index in [4.69, 9.17) is 0 Å². The molecule has 0 amide bonds. The number of rotatable bonds is 10. The van der Waals surface area contributed by atoms with Crippen LogP contribution in [0.25, 0.3) is 0 Å². The SMILES string of the molecule is CC/C=C/CCc1ccc(/C=N/N=C/c2ccc(CCCC)cc2)cc1. The molecule has 0 aliphatic heterocycles. The van der Waals surface area contributed by atoms with Crippen molar-refractivity contribution in [3.05, 3.63) is 82.9 Å². The Morgan fingerprint density at radius 3 is 1.73 bits per heavy atom. The van der Waals surface area contributed by atoms with Crippen molar-refractivity contribution >= 4 is 12.4 Å². The quantitative estimate of drug-likeness (QED) is 0.271. The first-order chi connectivity index (χ1) is 12.8. The summed E-state index contributed by atoms with van der Waals surface area (Å²) in [5.74, 6) is 0. The highest BCUT2D eigenvalue weighted by atomic mass is 15.2. The number of aryl methyl sites for hydroxylation is 2. The van der Waals surface area contributed by atoms with Crippen LogP contribution in [0.5, 0.6) is 0 Å². The van der Waals surface area contributed by atoms with Gasteiger partial charge in [0, 0.05) is 0 Å². The van der Waals surface area contributed by atoms with Gasteiger partial charge >= 0.3 is 0 Å². The van der Waals surface area contributed by atoms with Gasteiger partial charge in [-0.15, -0.1) is 0 Å². The molecule has 2 aromatic carbocycles. The van der Waals surface area contributed by atoms with Crippen LogP contribution in [0.3, 0.4) is 0 Å². The summed E-state index contributed by atoms with van der Waals surface area (Å²) in [4.78, 5) is 0. The van der Waals surface area contributed by atoms with Crippen LogP contribution < -0.4 is 0 Å². The van der Waals surface area contributed by atoms with E-state index in [0.717, 1.165) is 36.8 Å². The molecule has 0 N–H and O–H groups in total. The summed E-state index contributed by atoms with van der Waals surface area (Å²) >= 11 is 0. The van der Waals surface area contributed by atoms with Crippen molar-refractivity contribution < 1.29 is 0 Å². The maximum atomic E-state index is 4.16. The molecule has 0 heterocycles. The Kier molecular flexibility index (Phi) is 9.13. The maximum Gasteiger partial charge on any atom is 0.0568 e. The van der Waals surface area contributed by atoms with E-state index < -0.39 is 0 Å². The van der Waals surface area contributed by atoms with E-state index in [2.05, 4.69) is 84.7 Å². The first-order valence-electron chi connectivity index (χ1n) is 9.71. The van der Waals surface area contributed by atoms with Gasteiger partial charge in [-0.25, -0.2) is 0 Å². The van der Waals surface area contributed by atoms with Gasteiger partial charge in [0.25, 0.3) is 0 Å². The van der Waals surface area contributed by atoms with Crippen molar-refractivity contribution in [3.63, 3.8) is 0 Å². The van der Waals surface area contributed by atoms with Gasteiger partial charge < -0.3 is 0 Å². The van der Waals surface area contributed by atoms with E-state index in [1.165, 1.54) is 24.0 Å². The predicted octanol–water partition coefficient (Wildman–Crippen LogP) is 6.38. The smallest absolute Gasteiger partial charge is 0.0568 e. The van der Waals surface area contributed by atoms with E-state index in [-0.39, 0.29) is 0 Å². The first-order valence-corrected chi connectivity index (χ1v) is 9.71. The minimum absolute atomic E-state index is 1.07. The first kappa shape index (κ1) is 19.8. The summed E-state index contributed by atoms with van der Waals surface area (Å²) in [6, 6.07) is 17.1. The van der Waals surface area contributed by atoms with Crippen molar-refractivity contribution in [2.75, 3.05) is 0 Å². The Morgan fingerprint density at radius 2 is 1.23 bits per heavy atom. The number of nitrogens with zero attached hydrogens (tertiary/aromatic N) is 2. The molecule has 0 unspecified atom stereocenters. The average molecular weight is 347 g/mol. The van der Waals surface area contributed by atoms with Gasteiger partial charge in [0.15, 0.2) is 0 Å². The van der Waals surface area contributed by atoms with Gasteiger partial charge in [-0.05, 0) is 54.4 Å². The highest BCUT2D eigenvalue weighted by Gasteiger charge is 1.93. The van der Waals surface area contributed by atoms with Gasteiger partial charge in [0.05, 0.1) is 12.4 Å². The number of benzene rings is 2. The van der Waals surface area contributed by atoms with Gasteiger partial charge in [0.1, 0.15) is 0 Å². The summed E-state index contributed by atoms with van der Waals surface area (Å²) in [5, 5.41) is 8.31. The van der Waals surface area contributed by atoms with Crippen molar-refractivity contribution in [1.29, 1.82) is 0 Å². The van der Waals surface area contributed by atoms with E-state index in [9.17, 15) is 0 Å². The summed E-state index contributed by atoms with van der Waals surface area (Å²) in [6.45, 7) is 4.38. The number of hydrogen-bond acceptors (Lipinski definition) is 2. The van der Waals surface area contributed by atoms with Gasteiger partial charge in [-0.1, -0.05) is 81.0 Å². The van der Waals surface area contributed by atoms with Crippen LogP contribution in [0, 0.1) is 0 Å². The molecule has 0 bridgehead atoms. The van der Waals surface area contributed by atoms with Gasteiger partial charge in [-0.3, -0.25) is 0 Å². The van der Waals surface area contributed by atoms with Gasteiger partial charge in [0.2, 0.25) is 0 Å². The fourth-order valence-corrected chi connectivity index (χ4v) is 2.66. The Labute approximate surface area is 158 Å². The largest absolute Gasteiger partial charge is 0.159 e. The van der Waals surface area contributed by atoms with E-state index in [1.54, 1.807) is 12.4 Å². The summed E-state index contributed by atoms with van der Waals surface area (Å²) in [7, 11) is 0. The number of hydrogen-bond donors (Lipinski definition) is 0. The molecule has 0 radical (unpaired) electrons. The lowest BCUT2D eigenvalue weighted by atomic mass is 10.1. The molecule has 2 aromatic rings. The fraction of sp³-hybridized carbons (Fsp3) is 0.333. The summed E-state index contributed by atoms with van der Waals surface area (Å²) in [6.07, 6.45) is 15.0. The molecule has 2 rings (SSSR count). The molecule has 0 saturated heterocycles. The lowest BCUT2D eigenvalue weighted by Gasteiger charge is -1.99. The molecular weight excluding hydrogens is 316 g/mol. The van der Waals surface area contributed by atoms with Crippen LogP contribution in [0.2, 0.25) is 0 Å². The molecule has 0 atom stereocenters. The highest BCUT2D eigenvalue weighted by molar-refractivity contribution is 5.82. The molecule has 26 heavy (non-hydrogen) atoms. The van der Waals surface area contributed by atoms with E-state index in [1.807, 2.05) is 0 Å². The molecule has 2 heteroatoms. The topological polar surface area (TPSA) is 24.7 Å². The standard InChI is InChI=1S/C24H30N2/c1-3-5-7-8-10-22-13-17-24(18-14-22)20-26-25-19-23-15-11-21(12-16-23)9-6-4-2/h5,7,11-20H,3-4,6,8-10H2,1-2H3/b7-5+,25-19+,26-20+. The van der Waals surface area contributed by atoms with Crippen LogP contribution in [-0.4, -0.2) is 12.4 Å². The molecule has 0 spiro atoms. The summed E-state index contributed by atoms with van der Waals surface area (Å²) in [5.41, 5.74) is 4.90. The number of unbranched alkanes of at least 4 members (excludes halogenated alkanes) is 1. The third kappa shape index (κ3) is 7.60. The van der Waals surface area contributed by atoms with Crippen molar-refractivity contribution in [2.24, 2.45) is 10.2 Å². The molecule has 0 saturated carbocycles. The van der Waals surface area contributed by atoms with Crippen LogP contribution in [-0.2, 0) is 12.8 Å². The second-order valence-corrected chi connectivity index (χ2v) is 6.49. The zero-order valence-electron chi connectivity index (χ0n) is 16.1. The van der Waals surface area contributed by atoms with Crippen LogP contribution in [0.1, 0.15) is 61.8 Å². The Morgan fingerprint density at radius 1 is 0.692 bits per heavy atom. The number of allylic oxidation sites excluding steroid dienone is 2. The monoisotopic (exact) mass is 346 g/mol. The lowest BCUT2D eigenvalue weighted by Crippen LogP contribution is -1.87. The molecule has 136 valence electrons. The van der Waals surface area contributed by atoms with Crippen LogP contribution in [0.15, 0.2) is 70.9 Å². The fourth-order valence-electron chi connectivity index (χ4n) is 2.66.